The number of fused-ring (bicyclic) bond motifs is 6. The molecule has 360 valence electrons. The van der Waals surface area contributed by atoms with Gasteiger partial charge in [-0.2, -0.15) is 0 Å². The van der Waals surface area contributed by atoms with Crippen molar-refractivity contribution >= 4 is 79.8 Å². The molecule has 2 amide bonds. The van der Waals surface area contributed by atoms with Crippen LogP contribution in [0, 0.1) is 0 Å². The fraction of sp³-hybridized carbons (Fsp3) is 0.269. The van der Waals surface area contributed by atoms with Crippen LogP contribution in [0.5, 0.6) is 34.5 Å². The van der Waals surface area contributed by atoms with Crippen molar-refractivity contribution in [1.82, 2.24) is 19.8 Å². The minimum atomic E-state index is -0.354. The Morgan fingerprint density at radius 1 is 0.559 bits per heavy atom. The smallest absolute Gasteiger partial charge is 0.410 e. The molecule has 2 aliphatic rings. The number of carbonyl (C=O) groups is 2. The van der Waals surface area contributed by atoms with Crippen molar-refractivity contribution in [1.29, 1.82) is 0 Å². The zero-order valence-electron chi connectivity index (χ0n) is 36.3. The fourth-order valence-corrected chi connectivity index (χ4v) is 7.90. The average Bonchev–Trinajstić information content (AvgIpc) is 4.11. The van der Waals surface area contributed by atoms with E-state index in [-0.39, 0.29) is 58.3 Å². The zero-order chi connectivity index (χ0) is 45.1. The number of H-pyrrole nitrogens is 2. The molecular formula is C52H58Cl2N4O10. The van der Waals surface area contributed by atoms with Gasteiger partial charge in [-0.1, -0.05) is 87.6 Å². The third-order valence-electron chi connectivity index (χ3n) is 10.9. The first kappa shape index (κ1) is 51.8. The van der Waals surface area contributed by atoms with E-state index in [9.17, 15) is 14.7 Å². The summed E-state index contributed by atoms with van der Waals surface area (Å²) in [6.45, 7) is 2.86. The van der Waals surface area contributed by atoms with E-state index in [1.807, 2.05) is 121 Å². The number of aromatic hydroxyl groups is 1. The van der Waals surface area contributed by atoms with Gasteiger partial charge in [-0.3, -0.25) is 0 Å². The molecule has 0 spiro atoms. The van der Waals surface area contributed by atoms with Crippen molar-refractivity contribution in [3.8, 4) is 34.5 Å². The van der Waals surface area contributed by atoms with E-state index in [0.29, 0.717) is 74.0 Å². The number of para-hydroxylation sites is 6. The number of amides is 2. The number of hydrogen-bond donors (Lipinski definition) is 3. The summed E-state index contributed by atoms with van der Waals surface area (Å²) < 4.78 is 38.5. The van der Waals surface area contributed by atoms with E-state index in [1.165, 1.54) is 0 Å². The van der Waals surface area contributed by atoms with Crippen LogP contribution < -0.4 is 23.7 Å². The van der Waals surface area contributed by atoms with Gasteiger partial charge < -0.3 is 58.0 Å². The van der Waals surface area contributed by atoms with E-state index in [4.69, 9.17) is 44.8 Å². The molecule has 0 bridgehead atoms. The Hall–Kier alpha value is -7.16. The Bertz CT molecular complexity index is 2890. The molecule has 2 aromatic heterocycles. The van der Waals surface area contributed by atoms with E-state index in [1.54, 1.807) is 30.1 Å². The van der Waals surface area contributed by atoms with Crippen LogP contribution in [-0.4, -0.2) is 115 Å². The summed E-state index contributed by atoms with van der Waals surface area (Å²) in [5, 5.41) is 13.9. The molecule has 3 N–H and O–H groups in total. The van der Waals surface area contributed by atoms with E-state index < -0.39 is 0 Å². The lowest BCUT2D eigenvalue weighted by Gasteiger charge is -2.15. The number of phenolic OH excluding ortho intramolecular Hbond substituents is 1. The first-order chi connectivity index (χ1) is 31.8. The van der Waals surface area contributed by atoms with Gasteiger partial charge in [0.25, 0.3) is 0 Å². The van der Waals surface area contributed by atoms with Gasteiger partial charge in [-0.05, 0) is 60.7 Å². The Morgan fingerprint density at radius 3 is 1.51 bits per heavy atom. The number of nitrogens with zero attached hydrogens (tertiary/aromatic N) is 2. The quantitative estimate of drug-likeness (QED) is 0.0896. The molecule has 2 unspecified atom stereocenters. The molecule has 8 aromatic rings. The Balaban J connectivity index is 0.000000205. The van der Waals surface area contributed by atoms with Crippen molar-refractivity contribution in [3.63, 3.8) is 0 Å². The number of aromatic nitrogens is 2. The normalized spacial score (nSPS) is 14.9. The monoisotopic (exact) mass is 968 g/mol. The van der Waals surface area contributed by atoms with Crippen molar-refractivity contribution in [2.24, 2.45) is 0 Å². The summed E-state index contributed by atoms with van der Waals surface area (Å²) in [5.41, 5.74) is 4.12. The third-order valence-corrected chi connectivity index (χ3v) is 11.2. The molecule has 2 atom stereocenters. The van der Waals surface area contributed by atoms with Crippen molar-refractivity contribution in [2.75, 3.05) is 66.1 Å². The number of nitrogens with one attached hydrogen (secondary N) is 2. The summed E-state index contributed by atoms with van der Waals surface area (Å²) >= 11 is 5.66. The molecule has 0 aliphatic carbocycles. The number of halogens is 2. The molecule has 10 rings (SSSR count). The highest BCUT2D eigenvalue weighted by molar-refractivity contribution is 6.18. The van der Waals surface area contributed by atoms with Crippen LogP contribution in [-0.2, 0) is 9.47 Å². The van der Waals surface area contributed by atoms with Gasteiger partial charge in [0.1, 0.15) is 37.4 Å². The predicted octanol–water partition coefficient (Wildman–Crippen LogP) is 11.5. The number of methoxy groups -OCH3 is 2. The Labute approximate surface area is 406 Å². The SMILES string of the molecule is C.C.COc1ccccc1OCCN1CC(CCl)OC1=O.COc1ccccc1OCCN1CC(COc2cccc3[nH]c4ccccc4c23)OC1=O.Cl.Oc1cccc2[nH]c3ccccc3c12. The molecule has 4 heterocycles. The largest absolute Gasteiger partial charge is 0.507 e. The van der Waals surface area contributed by atoms with Crippen LogP contribution >= 0.6 is 24.0 Å². The first-order valence-electron chi connectivity index (χ1n) is 21.1. The van der Waals surface area contributed by atoms with Crippen LogP contribution in [0.3, 0.4) is 0 Å². The molecule has 0 radical (unpaired) electrons. The number of hydrogen-bond acceptors (Lipinski definition) is 10. The maximum Gasteiger partial charge on any atom is 0.410 e. The zero-order valence-corrected chi connectivity index (χ0v) is 37.9. The second-order valence-electron chi connectivity index (χ2n) is 15.1. The van der Waals surface area contributed by atoms with E-state index in [2.05, 4.69) is 16.0 Å². The number of phenols is 1. The van der Waals surface area contributed by atoms with Crippen LogP contribution in [0.1, 0.15) is 14.9 Å². The highest BCUT2D eigenvalue weighted by atomic mass is 35.5. The molecule has 2 aliphatic heterocycles. The molecule has 68 heavy (non-hydrogen) atoms. The number of cyclic esters (lactones) is 2. The standard InChI is InChI=1S/C25H24N2O5.C13H16ClNO4.C12H9NO.2CH4.ClH/c1-29-21-10-4-5-11-22(21)30-14-13-27-15-17(32-25(27)28)16-31-23-12-6-9-20-24(23)18-7-2-3-8-19(18)26-20;1-17-11-4-2-3-5-12(11)18-7-6-15-9-10(8-14)19-13(15)16;14-11-7-3-6-10-12(11)8-4-1-2-5-9(8)13-10;;;/h2-12,17,26H,13-16H2,1H3;2-5,10H,6-9H2,1H3;1-7,13-14H;2*1H4;1H. The second-order valence-corrected chi connectivity index (χ2v) is 15.4. The van der Waals surface area contributed by atoms with Gasteiger partial charge in [0, 0.05) is 32.6 Å². The molecular weight excluding hydrogens is 911 g/mol. The lowest BCUT2D eigenvalue weighted by Crippen LogP contribution is -2.30. The van der Waals surface area contributed by atoms with Crippen molar-refractivity contribution in [2.45, 2.75) is 27.1 Å². The minimum Gasteiger partial charge on any atom is -0.507 e. The first-order valence-corrected chi connectivity index (χ1v) is 21.7. The van der Waals surface area contributed by atoms with Gasteiger partial charge in [-0.15, -0.1) is 24.0 Å². The average molecular weight is 970 g/mol. The van der Waals surface area contributed by atoms with Gasteiger partial charge in [0.15, 0.2) is 29.1 Å². The van der Waals surface area contributed by atoms with Crippen LogP contribution in [0.2, 0.25) is 0 Å². The highest BCUT2D eigenvalue weighted by Crippen LogP contribution is 2.34. The summed E-state index contributed by atoms with van der Waals surface area (Å²) in [4.78, 5) is 33.6. The van der Waals surface area contributed by atoms with Gasteiger partial charge in [0.2, 0.25) is 0 Å². The van der Waals surface area contributed by atoms with E-state index >= 15 is 0 Å². The summed E-state index contributed by atoms with van der Waals surface area (Å²) in [6, 6.07) is 42.4. The maximum atomic E-state index is 12.3. The fourth-order valence-electron chi connectivity index (χ4n) is 7.74. The molecule has 0 saturated carbocycles. The highest BCUT2D eigenvalue weighted by Gasteiger charge is 2.32. The van der Waals surface area contributed by atoms with Gasteiger partial charge in [-0.25, -0.2) is 9.59 Å². The van der Waals surface area contributed by atoms with E-state index in [0.717, 1.165) is 49.4 Å². The molecule has 6 aromatic carbocycles. The van der Waals surface area contributed by atoms with Crippen LogP contribution in [0.4, 0.5) is 9.59 Å². The topological polar surface area (TPSA) is 157 Å². The second kappa shape index (κ2) is 24.6. The lowest BCUT2D eigenvalue weighted by atomic mass is 10.1. The van der Waals surface area contributed by atoms with Crippen molar-refractivity contribution < 1.29 is 47.9 Å². The number of benzene rings is 6. The maximum absolute atomic E-state index is 12.3. The molecule has 2 fully saturated rings. The summed E-state index contributed by atoms with van der Waals surface area (Å²) in [7, 11) is 3.19. The summed E-state index contributed by atoms with van der Waals surface area (Å²) in [5.74, 6) is 4.06. The van der Waals surface area contributed by atoms with Crippen LogP contribution in [0.25, 0.3) is 43.6 Å². The summed E-state index contributed by atoms with van der Waals surface area (Å²) in [6.07, 6.45) is -1.25. The minimum absolute atomic E-state index is 0. The molecule has 16 heteroatoms. The number of carbonyl (C=O) groups excluding carboxylic acids is 2. The van der Waals surface area contributed by atoms with Gasteiger partial charge in [0.05, 0.1) is 57.3 Å². The number of rotatable bonds is 14. The van der Waals surface area contributed by atoms with Crippen molar-refractivity contribution in [3.05, 3.63) is 133 Å². The Morgan fingerprint density at radius 2 is 0.985 bits per heavy atom. The third kappa shape index (κ3) is 12.0. The molecule has 2 saturated heterocycles. The number of aromatic amines is 2. The Kier molecular flexibility index (Phi) is 18.7. The molecule has 14 nitrogen and oxygen atoms in total. The predicted molar refractivity (Wildman–Crippen MR) is 271 cm³/mol. The van der Waals surface area contributed by atoms with Crippen LogP contribution in [0.15, 0.2) is 133 Å². The number of alkyl halides is 1. The lowest BCUT2D eigenvalue weighted by molar-refractivity contribution is 0.103. The number of ether oxygens (including phenoxy) is 7. The van der Waals surface area contributed by atoms with Gasteiger partial charge >= 0.3 is 12.2 Å².